The molecule has 3 rings (SSSR count). The Balaban J connectivity index is 1.60. The average molecular weight is 477 g/mol. The number of halogens is 1. The molecule has 9 heteroatoms. The zero-order valence-electron chi connectivity index (χ0n) is 20.0. The third kappa shape index (κ3) is 6.63. The molecule has 33 heavy (non-hydrogen) atoms. The van der Waals surface area contributed by atoms with E-state index in [0.717, 1.165) is 24.2 Å². The van der Waals surface area contributed by atoms with Crippen molar-refractivity contribution in [2.45, 2.75) is 53.2 Å². The fourth-order valence-corrected chi connectivity index (χ4v) is 3.81. The van der Waals surface area contributed by atoms with Crippen LogP contribution < -0.4 is 10.1 Å². The van der Waals surface area contributed by atoms with Gasteiger partial charge in [-0.05, 0) is 57.4 Å². The average Bonchev–Trinajstić information content (AvgIpc) is 3.06. The van der Waals surface area contributed by atoms with Gasteiger partial charge in [0.15, 0.2) is 5.15 Å². The van der Waals surface area contributed by atoms with Crippen LogP contribution in [-0.2, 0) is 11.3 Å². The number of aromatic nitrogens is 2. The maximum Gasteiger partial charge on any atom is 0.407 e. The lowest BCUT2D eigenvalue weighted by molar-refractivity contribution is 0.0520. The molecule has 180 valence electrons. The highest BCUT2D eigenvalue weighted by Gasteiger charge is 2.30. The van der Waals surface area contributed by atoms with Gasteiger partial charge in [-0.1, -0.05) is 25.4 Å². The molecule has 0 bridgehead atoms. The number of alkyl carbamates (subject to hydrolysis) is 1. The van der Waals surface area contributed by atoms with Gasteiger partial charge in [-0.2, -0.15) is 0 Å². The maximum absolute atomic E-state index is 12.9. The lowest BCUT2D eigenvalue weighted by Crippen LogP contribution is -2.41. The van der Waals surface area contributed by atoms with Crippen molar-refractivity contribution in [1.29, 1.82) is 0 Å². The first-order chi connectivity index (χ1) is 15.5. The van der Waals surface area contributed by atoms with Crippen molar-refractivity contribution >= 4 is 23.6 Å². The van der Waals surface area contributed by atoms with Crippen molar-refractivity contribution in [2.24, 2.45) is 5.92 Å². The molecule has 8 nitrogen and oxygen atoms in total. The summed E-state index contributed by atoms with van der Waals surface area (Å²) in [7, 11) is 0. The first kappa shape index (κ1) is 24.9. The first-order valence-electron chi connectivity index (χ1n) is 11.3. The Morgan fingerprint density at radius 1 is 1.21 bits per heavy atom. The minimum atomic E-state index is -0.536. The van der Waals surface area contributed by atoms with Crippen LogP contribution in [0, 0.1) is 5.92 Å². The molecule has 2 aromatic rings. The summed E-state index contributed by atoms with van der Waals surface area (Å²) in [4.78, 5) is 30.8. The largest absolute Gasteiger partial charge is 0.492 e. The van der Waals surface area contributed by atoms with E-state index < -0.39 is 11.7 Å². The molecule has 0 saturated carbocycles. The second kappa shape index (κ2) is 10.5. The number of fused-ring (bicyclic) bond motifs is 1. The third-order valence-corrected chi connectivity index (χ3v) is 5.40. The zero-order chi connectivity index (χ0) is 24.2. The van der Waals surface area contributed by atoms with Crippen LogP contribution >= 0.6 is 11.6 Å². The summed E-state index contributed by atoms with van der Waals surface area (Å²) in [6, 6.07) is 7.45. The minimum absolute atomic E-state index is 0.0764. The van der Waals surface area contributed by atoms with Crippen molar-refractivity contribution in [3.63, 3.8) is 0 Å². The molecular formula is C24H33ClN4O4. The van der Waals surface area contributed by atoms with E-state index in [9.17, 15) is 9.59 Å². The Hall–Kier alpha value is -2.74. The lowest BCUT2D eigenvalue weighted by Gasteiger charge is -2.28. The normalized spacial score (nSPS) is 13.8. The quantitative estimate of drug-likeness (QED) is 0.562. The number of nitrogens with zero attached hydrogens (tertiary/aromatic N) is 3. The molecule has 1 N–H and O–H groups in total. The number of carbonyl (C=O) groups is 2. The summed E-state index contributed by atoms with van der Waals surface area (Å²) in [5, 5.41) is 2.98. The zero-order valence-corrected chi connectivity index (χ0v) is 20.7. The fraction of sp³-hybridized carbons (Fsp3) is 0.542. The SMILES string of the molecule is CC(C)CCN1CCn2c(nc(Cl)c2-c2ccc(OCCNC(=O)OC(C)(C)C)cc2)C1=O. The van der Waals surface area contributed by atoms with E-state index in [1.54, 1.807) is 0 Å². The summed E-state index contributed by atoms with van der Waals surface area (Å²) >= 11 is 6.44. The van der Waals surface area contributed by atoms with Crippen LogP contribution in [-0.4, -0.2) is 58.3 Å². The predicted octanol–water partition coefficient (Wildman–Crippen LogP) is 4.61. The highest BCUT2D eigenvalue weighted by Crippen LogP contribution is 2.32. The molecule has 1 aromatic carbocycles. The highest BCUT2D eigenvalue weighted by atomic mass is 35.5. The Morgan fingerprint density at radius 3 is 2.55 bits per heavy atom. The summed E-state index contributed by atoms with van der Waals surface area (Å²) in [6.07, 6.45) is 0.487. The fourth-order valence-electron chi connectivity index (χ4n) is 3.52. The topological polar surface area (TPSA) is 85.7 Å². The van der Waals surface area contributed by atoms with Gasteiger partial charge in [0.1, 0.15) is 18.0 Å². The van der Waals surface area contributed by atoms with Gasteiger partial charge in [0, 0.05) is 25.2 Å². The monoisotopic (exact) mass is 476 g/mol. The second-order valence-electron chi connectivity index (χ2n) is 9.50. The number of hydrogen-bond donors (Lipinski definition) is 1. The van der Waals surface area contributed by atoms with E-state index in [1.807, 2.05) is 54.5 Å². The van der Waals surface area contributed by atoms with Crippen LogP contribution in [0.25, 0.3) is 11.3 Å². The van der Waals surface area contributed by atoms with Crippen molar-refractivity contribution in [3.05, 3.63) is 35.2 Å². The van der Waals surface area contributed by atoms with E-state index in [2.05, 4.69) is 24.1 Å². The van der Waals surface area contributed by atoms with Crippen LogP contribution in [0.1, 0.15) is 51.7 Å². The predicted molar refractivity (Wildman–Crippen MR) is 128 cm³/mol. The standard InChI is InChI=1S/C24H33ClN4O4/c1-16(2)10-12-28-13-14-29-19(20(25)27-21(29)22(28)30)17-6-8-18(9-7-17)32-15-11-26-23(31)33-24(3,4)5/h6-9,16H,10-15H2,1-5H3,(H,26,31). The van der Waals surface area contributed by atoms with Crippen LogP contribution in [0.15, 0.2) is 24.3 Å². The number of hydrogen-bond acceptors (Lipinski definition) is 5. The summed E-state index contributed by atoms with van der Waals surface area (Å²) in [5.41, 5.74) is 1.06. The molecule has 0 fully saturated rings. The molecule has 0 aliphatic carbocycles. The molecule has 0 atom stereocenters. The number of ether oxygens (including phenoxy) is 2. The molecule has 0 saturated heterocycles. The van der Waals surface area contributed by atoms with Crippen LogP contribution in [0.2, 0.25) is 5.15 Å². The number of rotatable bonds is 8. The molecule has 1 aliphatic rings. The molecule has 2 heterocycles. The van der Waals surface area contributed by atoms with Crippen LogP contribution in [0.4, 0.5) is 4.79 Å². The lowest BCUT2D eigenvalue weighted by atomic mass is 10.1. The summed E-state index contributed by atoms with van der Waals surface area (Å²) < 4.78 is 12.8. The second-order valence-corrected chi connectivity index (χ2v) is 9.86. The molecule has 0 spiro atoms. The molecule has 0 unspecified atom stereocenters. The number of amides is 2. The highest BCUT2D eigenvalue weighted by molar-refractivity contribution is 6.32. The molecule has 0 radical (unpaired) electrons. The summed E-state index contributed by atoms with van der Waals surface area (Å²) in [6.45, 7) is 12.4. The van der Waals surface area contributed by atoms with Gasteiger partial charge < -0.3 is 24.3 Å². The number of carbonyl (C=O) groups excluding carboxylic acids is 2. The number of nitrogens with one attached hydrogen (secondary N) is 1. The van der Waals surface area contributed by atoms with Crippen molar-refractivity contribution in [1.82, 2.24) is 19.8 Å². The van der Waals surface area contributed by atoms with E-state index in [1.165, 1.54) is 0 Å². The van der Waals surface area contributed by atoms with E-state index in [4.69, 9.17) is 21.1 Å². The minimum Gasteiger partial charge on any atom is -0.492 e. The van der Waals surface area contributed by atoms with Crippen LogP contribution in [0.5, 0.6) is 5.75 Å². The third-order valence-electron chi connectivity index (χ3n) is 5.14. The van der Waals surface area contributed by atoms with E-state index in [-0.39, 0.29) is 5.91 Å². The molecule has 1 aliphatic heterocycles. The van der Waals surface area contributed by atoms with E-state index in [0.29, 0.717) is 48.9 Å². The summed E-state index contributed by atoms with van der Waals surface area (Å²) in [5.74, 6) is 1.51. The van der Waals surface area contributed by atoms with Crippen molar-refractivity contribution < 1.29 is 19.1 Å². The Labute approximate surface area is 200 Å². The van der Waals surface area contributed by atoms with Gasteiger partial charge in [0.25, 0.3) is 5.91 Å². The van der Waals surface area contributed by atoms with Crippen molar-refractivity contribution in [2.75, 3.05) is 26.2 Å². The molecule has 1 aromatic heterocycles. The maximum atomic E-state index is 12.9. The van der Waals surface area contributed by atoms with Crippen molar-refractivity contribution in [3.8, 4) is 17.0 Å². The van der Waals surface area contributed by atoms with Gasteiger partial charge >= 0.3 is 6.09 Å². The van der Waals surface area contributed by atoms with Gasteiger partial charge in [-0.3, -0.25) is 4.79 Å². The Bertz CT molecular complexity index is 980. The van der Waals surface area contributed by atoms with Gasteiger partial charge in [0.2, 0.25) is 5.82 Å². The van der Waals surface area contributed by atoms with Crippen LogP contribution in [0.3, 0.4) is 0 Å². The molecule has 2 amide bonds. The smallest absolute Gasteiger partial charge is 0.407 e. The van der Waals surface area contributed by atoms with E-state index >= 15 is 0 Å². The number of benzene rings is 1. The van der Waals surface area contributed by atoms with Gasteiger partial charge in [-0.25, -0.2) is 9.78 Å². The molecular weight excluding hydrogens is 444 g/mol. The van der Waals surface area contributed by atoms with Gasteiger partial charge in [0.05, 0.1) is 12.2 Å². The Morgan fingerprint density at radius 2 is 1.91 bits per heavy atom. The Kier molecular flexibility index (Phi) is 7.89. The first-order valence-corrected chi connectivity index (χ1v) is 11.7. The number of imidazole rings is 1. The van der Waals surface area contributed by atoms with Gasteiger partial charge in [-0.15, -0.1) is 0 Å².